The standard InChI is InChI=1S/C13H23NO2/c1-2-13(6-3-7-14-10-13)12(15)11-4-8-16-9-5-11/h11,14H,2-10H2,1H3. The van der Waals surface area contributed by atoms with E-state index in [9.17, 15) is 4.79 Å². The molecule has 2 fully saturated rings. The van der Waals surface area contributed by atoms with Gasteiger partial charge in [0, 0.05) is 31.1 Å². The van der Waals surface area contributed by atoms with Crippen LogP contribution < -0.4 is 5.32 Å². The van der Waals surface area contributed by atoms with Gasteiger partial charge in [-0.1, -0.05) is 6.92 Å². The van der Waals surface area contributed by atoms with Gasteiger partial charge in [0.25, 0.3) is 0 Å². The second kappa shape index (κ2) is 5.28. The minimum atomic E-state index is -0.0692. The van der Waals surface area contributed by atoms with E-state index in [4.69, 9.17) is 4.74 Å². The van der Waals surface area contributed by atoms with Crippen molar-refractivity contribution in [1.82, 2.24) is 5.32 Å². The zero-order valence-corrected chi connectivity index (χ0v) is 10.3. The van der Waals surface area contributed by atoms with Crippen LogP contribution in [0.2, 0.25) is 0 Å². The Labute approximate surface area is 97.9 Å². The maximum Gasteiger partial charge on any atom is 0.143 e. The Bertz CT molecular complexity index is 240. The predicted octanol–water partition coefficient (Wildman–Crippen LogP) is 1.76. The third-order valence-electron chi connectivity index (χ3n) is 4.26. The normalized spacial score (nSPS) is 32.6. The Kier molecular flexibility index (Phi) is 3.98. The SMILES string of the molecule is CCC1(C(=O)C2CCOCC2)CCCNC1. The molecule has 2 aliphatic rings. The van der Waals surface area contributed by atoms with Crippen LogP contribution in [0.5, 0.6) is 0 Å². The maximum atomic E-state index is 12.6. The van der Waals surface area contributed by atoms with Crippen LogP contribution >= 0.6 is 0 Å². The molecule has 0 bridgehead atoms. The molecule has 0 saturated carbocycles. The second-order valence-corrected chi connectivity index (χ2v) is 5.17. The molecule has 92 valence electrons. The smallest absolute Gasteiger partial charge is 0.143 e. The molecule has 0 aromatic rings. The summed E-state index contributed by atoms with van der Waals surface area (Å²) < 4.78 is 5.34. The number of hydrogen-bond donors (Lipinski definition) is 1. The fourth-order valence-electron chi connectivity index (χ4n) is 3.05. The molecular weight excluding hydrogens is 202 g/mol. The number of hydrogen-bond acceptors (Lipinski definition) is 3. The van der Waals surface area contributed by atoms with Crippen molar-refractivity contribution in [2.75, 3.05) is 26.3 Å². The fraction of sp³-hybridized carbons (Fsp3) is 0.923. The lowest BCUT2D eigenvalue weighted by atomic mass is 9.69. The first kappa shape index (κ1) is 12.1. The summed E-state index contributed by atoms with van der Waals surface area (Å²) in [5.74, 6) is 0.763. The number of carbonyl (C=O) groups excluding carboxylic acids is 1. The second-order valence-electron chi connectivity index (χ2n) is 5.17. The number of piperidine rings is 1. The van der Waals surface area contributed by atoms with E-state index in [0.717, 1.165) is 58.4 Å². The Morgan fingerprint density at radius 3 is 2.75 bits per heavy atom. The minimum absolute atomic E-state index is 0.0692. The first-order chi connectivity index (χ1) is 7.78. The summed E-state index contributed by atoms with van der Waals surface area (Å²) >= 11 is 0. The van der Waals surface area contributed by atoms with Crippen molar-refractivity contribution >= 4 is 5.78 Å². The third-order valence-corrected chi connectivity index (χ3v) is 4.26. The van der Waals surface area contributed by atoms with Crippen LogP contribution in [-0.4, -0.2) is 32.1 Å². The monoisotopic (exact) mass is 225 g/mol. The molecule has 1 unspecified atom stereocenters. The molecule has 1 atom stereocenters. The van der Waals surface area contributed by atoms with Gasteiger partial charge in [-0.05, 0) is 38.6 Å². The van der Waals surface area contributed by atoms with Crippen molar-refractivity contribution in [1.29, 1.82) is 0 Å². The Morgan fingerprint density at radius 1 is 1.44 bits per heavy atom. The number of carbonyl (C=O) groups is 1. The average Bonchev–Trinajstić information content (AvgIpc) is 2.39. The van der Waals surface area contributed by atoms with Crippen molar-refractivity contribution in [2.24, 2.45) is 11.3 Å². The van der Waals surface area contributed by atoms with E-state index in [-0.39, 0.29) is 11.3 Å². The van der Waals surface area contributed by atoms with Crippen LogP contribution in [0.25, 0.3) is 0 Å². The molecule has 0 aromatic heterocycles. The fourth-order valence-corrected chi connectivity index (χ4v) is 3.05. The number of Topliss-reactive ketones (excluding diaryl/α,β-unsaturated/α-hetero) is 1. The lowest BCUT2D eigenvalue weighted by molar-refractivity contribution is -0.137. The molecule has 1 N–H and O–H groups in total. The highest BCUT2D eigenvalue weighted by atomic mass is 16.5. The summed E-state index contributed by atoms with van der Waals surface area (Å²) in [7, 11) is 0. The van der Waals surface area contributed by atoms with Gasteiger partial charge in [0.1, 0.15) is 5.78 Å². The van der Waals surface area contributed by atoms with Crippen LogP contribution in [0.1, 0.15) is 39.0 Å². The predicted molar refractivity (Wildman–Crippen MR) is 63.4 cm³/mol. The van der Waals surface area contributed by atoms with Gasteiger partial charge in [-0.25, -0.2) is 0 Å². The topological polar surface area (TPSA) is 38.3 Å². The summed E-state index contributed by atoms with van der Waals surface area (Å²) in [5, 5.41) is 3.39. The molecule has 2 heterocycles. The van der Waals surface area contributed by atoms with E-state index >= 15 is 0 Å². The van der Waals surface area contributed by atoms with Gasteiger partial charge in [0.2, 0.25) is 0 Å². The molecule has 2 aliphatic heterocycles. The molecule has 0 aliphatic carbocycles. The minimum Gasteiger partial charge on any atom is -0.381 e. The highest BCUT2D eigenvalue weighted by molar-refractivity contribution is 5.87. The van der Waals surface area contributed by atoms with Gasteiger partial charge in [-0.3, -0.25) is 4.79 Å². The maximum absolute atomic E-state index is 12.6. The molecular formula is C13H23NO2. The quantitative estimate of drug-likeness (QED) is 0.795. The van der Waals surface area contributed by atoms with Crippen LogP contribution in [0.15, 0.2) is 0 Å². The van der Waals surface area contributed by atoms with Crippen molar-refractivity contribution in [3.63, 3.8) is 0 Å². The summed E-state index contributed by atoms with van der Waals surface area (Å²) in [6.07, 6.45) is 5.06. The number of ether oxygens (including phenoxy) is 1. The van der Waals surface area contributed by atoms with Crippen molar-refractivity contribution < 1.29 is 9.53 Å². The van der Waals surface area contributed by atoms with Crippen LogP contribution in [0.3, 0.4) is 0 Å². The average molecular weight is 225 g/mol. The molecule has 0 amide bonds. The number of nitrogens with one attached hydrogen (secondary N) is 1. The van der Waals surface area contributed by atoms with Crippen LogP contribution in [0, 0.1) is 11.3 Å². The largest absolute Gasteiger partial charge is 0.381 e. The Morgan fingerprint density at radius 2 is 2.19 bits per heavy atom. The van der Waals surface area contributed by atoms with Crippen molar-refractivity contribution in [3.8, 4) is 0 Å². The lowest BCUT2D eigenvalue weighted by Crippen LogP contribution is -2.48. The Hall–Kier alpha value is -0.410. The first-order valence-electron chi connectivity index (χ1n) is 6.61. The van der Waals surface area contributed by atoms with Crippen LogP contribution in [-0.2, 0) is 9.53 Å². The molecule has 3 heteroatoms. The molecule has 3 nitrogen and oxygen atoms in total. The molecule has 0 radical (unpaired) electrons. The van der Waals surface area contributed by atoms with Gasteiger partial charge in [0.15, 0.2) is 0 Å². The van der Waals surface area contributed by atoms with Gasteiger partial charge < -0.3 is 10.1 Å². The van der Waals surface area contributed by atoms with E-state index in [1.54, 1.807) is 0 Å². The lowest BCUT2D eigenvalue weighted by Gasteiger charge is -2.39. The zero-order chi connectivity index (χ0) is 11.4. The molecule has 16 heavy (non-hydrogen) atoms. The molecule has 0 spiro atoms. The highest BCUT2D eigenvalue weighted by Gasteiger charge is 2.41. The van der Waals surface area contributed by atoms with E-state index in [0.29, 0.717) is 5.78 Å². The van der Waals surface area contributed by atoms with E-state index in [1.165, 1.54) is 0 Å². The van der Waals surface area contributed by atoms with Gasteiger partial charge in [-0.2, -0.15) is 0 Å². The first-order valence-corrected chi connectivity index (χ1v) is 6.61. The summed E-state index contributed by atoms with van der Waals surface area (Å²) in [5.41, 5.74) is -0.0692. The summed E-state index contributed by atoms with van der Waals surface area (Å²) in [4.78, 5) is 12.6. The summed E-state index contributed by atoms with van der Waals surface area (Å²) in [6, 6.07) is 0. The summed E-state index contributed by atoms with van der Waals surface area (Å²) in [6.45, 7) is 5.65. The third kappa shape index (κ3) is 2.30. The number of rotatable bonds is 3. The molecule has 2 rings (SSSR count). The Balaban J connectivity index is 2.04. The van der Waals surface area contributed by atoms with E-state index in [2.05, 4.69) is 12.2 Å². The van der Waals surface area contributed by atoms with Gasteiger partial charge in [-0.15, -0.1) is 0 Å². The van der Waals surface area contributed by atoms with E-state index < -0.39 is 0 Å². The number of ketones is 1. The molecule has 0 aromatic carbocycles. The van der Waals surface area contributed by atoms with Crippen molar-refractivity contribution in [3.05, 3.63) is 0 Å². The van der Waals surface area contributed by atoms with E-state index in [1.807, 2.05) is 0 Å². The van der Waals surface area contributed by atoms with Crippen molar-refractivity contribution in [2.45, 2.75) is 39.0 Å². The van der Waals surface area contributed by atoms with Gasteiger partial charge in [0.05, 0.1) is 0 Å². The van der Waals surface area contributed by atoms with Gasteiger partial charge >= 0.3 is 0 Å². The highest BCUT2D eigenvalue weighted by Crippen LogP contribution is 2.36. The van der Waals surface area contributed by atoms with Crippen LogP contribution in [0.4, 0.5) is 0 Å². The molecule has 2 saturated heterocycles. The zero-order valence-electron chi connectivity index (χ0n) is 10.3.